The highest BCUT2D eigenvalue weighted by Gasteiger charge is 2.22. The van der Waals surface area contributed by atoms with Crippen LogP contribution >= 0.6 is 11.3 Å². The first-order chi connectivity index (χ1) is 16.5. The van der Waals surface area contributed by atoms with Crippen LogP contribution in [-0.2, 0) is 4.79 Å². The van der Waals surface area contributed by atoms with Gasteiger partial charge in [0.25, 0.3) is 11.8 Å². The Morgan fingerprint density at radius 2 is 1.82 bits per heavy atom. The largest absolute Gasteiger partial charge is 0.493 e. The Morgan fingerprint density at radius 1 is 1.09 bits per heavy atom. The second-order valence-electron chi connectivity index (χ2n) is 7.53. The lowest BCUT2D eigenvalue weighted by molar-refractivity contribution is -0.120. The molecule has 2 aromatic heterocycles. The summed E-state index contributed by atoms with van der Waals surface area (Å²) in [6.45, 7) is 0.0527. The van der Waals surface area contributed by atoms with E-state index in [-0.39, 0.29) is 35.7 Å². The number of nitrogens with one attached hydrogen (secondary N) is 2. The van der Waals surface area contributed by atoms with Crippen molar-refractivity contribution in [3.63, 3.8) is 0 Å². The van der Waals surface area contributed by atoms with Crippen LogP contribution in [0.5, 0.6) is 17.2 Å². The SMILES string of the molecule is COc1cc(C(=O)NCC(c2cccs2)c2c[nH]c3ccccc23)cc(OC)c1OCC(N)=O. The van der Waals surface area contributed by atoms with E-state index < -0.39 is 5.91 Å². The van der Waals surface area contributed by atoms with Crippen LogP contribution in [0, 0.1) is 0 Å². The Bertz CT molecular complexity index is 1270. The second kappa shape index (κ2) is 10.3. The molecule has 0 saturated heterocycles. The molecule has 0 spiro atoms. The van der Waals surface area contributed by atoms with Gasteiger partial charge < -0.3 is 30.2 Å². The number of aromatic nitrogens is 1. The van der Waals surface area contributed by atoms with Crippen molar-refractivity contribution >= 4 is 34.1 Å². The lowest BCUT2D eigenvalue weighted by Crippen LogP contribution is -2.28. The van der Waals surface area contributed by atoms with Crippen LogP contribution in [0.1, 0.15) is 26.7 Å². The third-order valence-electron chi connectivity index (χ3n) is 5.43. The number of hydrogen-bond acceptors (Lipinski definition) is 6. The summed E-state index contributed by atoms with van der Waals surface area (Å²) in [5.74, 6) is -0.227. The molecule has 4 rings (SSSR count). The molecule has 0 aliphatic carbocycles. The van der Waals surface area contributed by atoms with Gasteiger partial charge in [0.2, 0.25) is 5.75 Å². The first-order valence-corrected chi connectivity index (χ1v) is 11.4. The molecule has 1 unspecified atom stereocenters. The van der Waals surface area contributed by atoms with E-state index in [1.54, 1.807) is 23.5 Å². The molecule has 4 N–H and O–H groups in total. The van der Waals surface area contributed by atoms with Crippen molar-refractivity contribution in [2.45, 2.75) is 5.92 Å². The fraction of sp³-hybridized carbons (Fsp3) is 0.200. The molecular weight excluding hydrogens is 454 g/mol. The smallest absolute Gasteiger partial charge is 0.255 e. The average molecular weight is 480 g/mol. The molecule has 4 aromatic rings. The van der Waals surface area contributed by atoms with Crippen molar-refractivity contribution in [3.8, 4) is 17.2 Å². The Balaban J connectivity index is 1.59. The summed E-state index contributed by atoms with van der Waals surface area (Å²) in [5.41, 5.74) is 7.67. The Hall–Kier alpha value is -3.98. The molecule has 2 aromatic carbocycles. The lowest BCUT2D eigenvalue weighted by Gasteiger charge is -2.18. The summed E-state index contributed by atoms with van der Waals surface area (Å²) >= 11 is 1.65. The minimum absolute atomic E-state index is 0.0259. The van der Waals surface area contributed by atoms with E-state index in [0.29, 0.717) is 12.1 Å². The fourth-order valence-corrected chi connectivity index (χ4v) is 4.67. The van der Waals surface area contributed by atoms with E-state index in [1.807, 2.05) is 35.8 Å². The van der Waals surface area contributed by atoms with Crippen molar-refractivity contribution in [1.82, 2.24) is 10.3 Å². The fourth-order valence-electron chi connectivity index (χ4n) is 3.83. The summed E-state index contributed by atoms with van der Waals surface area (Å²) in [7, 11) is 2.88. The summed E-state index contributed by atoms with van der Waals surface area (Å²) in [5, 5.41) is 6.19. The monoisotopic (exact) mass is 479 g/mol. The maximum Gasteiger partial charge on any atom is 0.255 e. The molecule has 0 fully saturated rings. The van der Waals surface area contributed by atoms with Gasteiger partial charge in [0.15, 0.2) is 18.1 Å². The molecule has 1 atom stereocenters. The number of rotatable bonds is 10. The van der Waals surface area contributed by atoms with Gasteiger partial charge in [-0.3, -0.25) is 9.59 Å². The van der Waals surface area contributed by atoms with Gasteiger partial charge in [-0.15, -0.1) is 11.3 Å². The quantitative estimate of drug-likeness (QED) is 0.321. The van der Waals surface area contributed by atoms with Gasteiger partial charge in [-0.1, -0.05) is 24.3 Å². The first kappa shape index (κ1) is 23.2. The number of aromatic amines is 1. The van der Waals surface area contributed by atoms with Crippen molar-refractivity contribution in [2.75, 3.05) is 27.4 Å². The predicted octanol–water partition coefficient (Wildman–Crippen LogP) is 3.67. The minimum Gasteiger partial charge on any atom is -0.493 e. The van der Waals surface area contributed by atoms with Crippen LogP contribution in [0.4, 0.5) is 0 Å². The standard InChI is InChI=1S/C25H25N3O5S/c1-31-20-10-15(11-21(32-2)24(20)33-14-23(26)29)25(30)28-13-18(22-8-5-9-34-22)17-12-27-19-7-4-3-6-16(17)19/h3-12,18,27H,13-14H2,1-2H3,(H2,26,29)(H,28,30). The molecule has 9 heteroatoms. The van der Waals surface area contributed by atoms with Crippen LogP contribution in [0.2, 0.25) is 0 Å². The summed E-state index contributed by atoms with van der Waals surface area (Å²) in [6, 6.07) is 15.3. The van der Waals surface area contributed by atoms with E-state index in [2.05, 4.69) is 22.4 Å². The zero-order valence-corrected chi connectivity index (χ0v) is 19.6. The van der Waals surface area contributed by atoms with Crippen LogP contribution < -0.4 is 25.3 Å². The Morgan fingerprint density at radius 3 is 2.47 bits per heavy atom. The van der Waals surface area contributed by atoms with Crippen molar-refractivity contribution in [2.24, 2.45) is 5.73 Å². The zero-order chi connectivity index (χ0) is 24.1. The number of hydrogen-bond donors (Lipinski definition) is 3. The molecule has 2 heterocycles. The maximum absolute atomic E-state index is 13.1. The number of ether oxygens (including phenoxy) is 3. The molecule has 0 saturated carbocycles. The van der Waals surface area contributed by atoms with Crippen LogP contribution in [0.25, 0.3) is 10.9 Å². The summed E-state index contributed by atoms with van der Waals surface area (Å²) < 4.78 is 16.2. The number of carbonyl (C=O) groups excluding carboxylic acids is 2. The van der Waals surface area contributed by atoms with Crippen molar-refractivity contribution < 1.29 is 23.8 Å². The van der Waals surface area contributed by atoms with Gasteiger partial charge >= 0.3 is 0 Å². The van der Waals surface area contributed by atoms with Gasteiger partial charge in [0, 0.05) is 40.0 Å². The first-order valence-electron chi connectivity index (χ1n) is 10.6. The van der Waals surface area contributed by atoms with E-state index >= 15 is 0 Å². The normalized spacial score (nSPS) is 11.7. The van der Waals surface area contributed by atoms with Gasteiger partial charge in [0.1, 0.15) is 0 Å². The number of methoxy groups -OCH3 is 2. The molecule has 0 aliphatic heterocycles. The van der Waals surface area contributed by atoms with E-state index in [9.17, 15) is 9.59 Å². The second-order valence-corrected chi connectivity index (χ2v) is 8.51. The maximum atomic E-state index is 13.1. The molecule has 8 nitrogen and oxygen atoms in total. The number of H-pyrrole nitrogens is 1. The average Bonchev–Trinajstić information content (AvgIpc) is 3.53. The lowest BCUT2D eigenvalue weighted by atomic mass is 9.96. The molecular formula is C25H25N3O5S. The van der Waals surface area contributed by atoms with Crippen LogP contribution in [-0.4, -0.2) is 44.2 Å². The molecule has 34 heavy (non-hydrogen) atoms. The summed E-state index contributed by atoms with van der Waals surface area (Å²) in [4.78, 5) is 28.7. The highest BCUT2D eigenvalue weighted by Crippen LogP contribution is 2.39. The van der Waals surface area contributed by atoms with Crippen molar-refractivity contribution in [3.05, 3.63) is 76.1 Å². The third kappa shape index (κ3) is 4.84. The summed E-state index contributed by atoms with van der Waals surface area (Å²) in [6.07, 6.45) is 2.00. The Labute approximate surface area is 200 Å². The molecule has 2 amide bonds. The number of benzene rings is 2. The third-order valence-corrected chi connectivity index (χ3v) is 6.42. The number of primary amides is 1. The van der Waals surface area contributed by atoms with Gasteiger partial charge in [-0.05, 0) is 35.2 Å². The van der Waals surface area contributed by atoms with Gasteiger partial charge in [0.05, 0.1) is 14.2 Å². The number of carbonyl (C=O) groups is 2. The molecule has 0 aliphatic rings. The number of fused-ring (bicyclic) bond motifs is 1. The zero-order valence-electron chi connectivity index (χ0n) is 18.8. The van der Waals surface area contributed by atoms with Crippen LogP contribution in [0.15, 0.2) is 60.1 Å². The minimum atomic E-state index is -0.636. The molecule has 0 bridgehead atoms. The van der Waals surface area contributed by atoms with Crippen molar-refractivity contribution in [1.29, 1.82) is 0 Å². The number of amides is 2. The highest BCUT2D eigenvalue weighted by molar-refractivity contribution is 7.10. The van der Waals surface area contributed by atoms with E-state index in [4.69, 9.17) is 19.9 Å². The van der Waals surface area contributed by atoms with Gasteiger partial charge in [-0.2, -0.15) is 0 Å². The highest BCUT2D eigenvalue weighted by atomic mass is 32.1. The van der Waals surface area contributed by atoms with E-state index in [0.717, 1.165) is 21.3 Å². The Kier molecular flexibility index (Phi) is 7.03. The van der Waals surface area contributed by atoms with Gasteiger partial charge in [-0.25, -0.2) is 0 Å². The number of thiophene rings is 1. The van der Waals surface area contributed by atoms with E-state index in [1.165, 1.54) is 14.2 Å². The predicted molar refractivity (Wildman–Crippen MR) is 131 cm³/mol. The molecule has 0 radical (unpaired) electrons. The number of para-hydroxylation sites is 1. The topological polar surface area (TPSA) is 116 Å². The number of nitrogens with two attached hydrogens (primary N) is 1. The van der Waals surface area contributed by atoms with Crippen LogP contribution in [0.3, 0.4) is 0 Å². The molecule has 176 valence electrons.